The molecule has 0 aliphatic carbocycles. The number of aromatic hydroxyl groups is 1. The standard InChI is InChI=1S/C17H16I3NO3/c1-21(2)5-6-24-17-13(19)8-11(9-14(17)20)16(23)10-3-4-15(22)12(18)7-10/h3-4,7-9,22H,5-6H2,1-2H3. The zero-order valence-corrected chi connectivity index (χ0v) is 19.6. The molecule has 0 saturated carbocycles. The van der Waals surface area contributed by atoms with Gasteiger partial charge in [0.2, 0.25) is 0 Å². The first-order valence-electron chi connectivity index (χ1n) is 7.09. The summed E-state index contributed by atoms with van der Waals surface area (Å²) in [4.78, 5) is 14.7. The van der Waals surface area contributed by atoms with Gasteiger partial charge in [0, 0.05) is 17.7 Å². The summed E-state index contributed by atoms with van der Waals surface area (Å²) >= 11 is 6.41. The molecule has 0 unspecified atom stereocenters. The molecule has 2 aromatic rings. The number of ether oxygens (including phenoxy) is 1. The van der Waals surface area contributed by atoms with E-state index in [0.29, 0.717) is 21.3 Å². The number of rotatable bonds is 6. The van der Waals surface area contributed by atoms with Crippen LogP contribution in [0.2, 0.25) is 0 Å². The lowest BCUT2D eigenvalue weighted by Crippen LogP contribution is -2.20. The molecule has 0 aliphatic heterocycles. The summed E-state index contributed by atoms with van der Waals surface area (Å²) in [5.41, 5.74) is 1.18. The van der Waals surface area contributed by atoms with Gasteiger partial charge in [-0.1, -0.05) is 0 Å². The fourth-order valence-electron chi connectivity index (χ4n) is 1.97. The Kier molecular flexibility index (Phi) is 7.56. The fourth-order valence-corrected chi connectivity index (χ4v) is 4.57. The molecule has 2 rings (SSSR count). The Bertz CT molecular complexity index is 740. The molecular formula is C17H16I3NO3. The van der Waals surface area contributed by atoms with E-state index in [1.54, 1.807) is 18.2 Å². The normalized spacial score (nSPS) is 10.9. The van der Waals surface area contributed by atoms with Crippen molar-refractivity contribution < 1.29 is 14.6 Å². The highest BCUT2D eigenvalue weighted by atomic mass is 127. The van der Waals surface area contributed by atoms with Crippen LogP contribution in [0.3, 0.4) is 0 Å². The summed E-state index contributed by atoms with van der Waals surface area (Å²) in [5, 5.41) is 9.60. The molecule has 0 spiro atoms. The van der Waals surface area contributed by atoms with E-state index in [0.717, 1.165) is 19.4 Å². The number of hydrogen-bond acceptors (Lipinski definition) is 4. The first-order chi connectivity index (χ1) is 11.3. The smallest absolute Gasteiger partial charge is 0.193 e. The predicted molar refractivity (Wildman–Crippen MR) is 120 cm³/mol. The van der Waals surface area contributed by atoms with Gasteiger partial charge in [-0.05, 0) is 112 Å². The van der Waals surface area contributed by atoms with Crippen molar-refractivity contribution in [3.63, 3.8) is 0 Å². The summed E-state index contributed by atoms with van der Waals surface area (Å²) in [6.07, 6.45) is 0. The molecule has 4 nitrogen and oxygen atoms in total. The van der Waals surface area contributed by atoms with Crippen LogP contribution in [-0.2, 0) is 0 Å². The average molecular weight is 663 g/mol. The highest BCUT2D eigenvalue weighted by Crippen LogP contribution is 2.30. The van der Waals surface area contributed by atoms with Crippen LogP contribution in [0.5, 0.6) is 11.5 Å². The minimum absolute atomic E-state index is 0.0661. The quantitative estimate of drug-likeness (QED) is 0.369. The number of carbonyl (C=O) groups is 1. The first kappa shape index (κ1) is 20.2. The zero-order chi connectivity index (χ0) is 17.9. The number of likely N-dealkylation sites (N-methyl/N-ethyl adjacent to an activating group) is 1. The van der Waals surface area contributed by atoms with Gasteiger partial charge >= 0.3 is 0 Å². The van der Waals surface area contributed by atoms with Gasteiger partial charge in [0.1, 0.15) is 18.1 Å². The van der Waals surface area contributed by atoms with E-state index in [9.17, 15) is 9.90 Å². The van der Waals surface area contributed by atoms with Gasteiger partial charge in [-0.15, -0.1) is 0 Å². The van der Waals surface area contributed by atoms with Crippen LogP contribution in [0.15, 0.2) is 30.3 Å². The Balaban J connectivity index is 2.25. The van der Waals surface area contributed by atoms with Crippen molar-refractivity contribution in [3.8, 4) is 11.5 Å². The van der Waals surface area contributed by atoms with Crippen LogP contribution < -0.4 is 4.74 Å². The second-order valence-electron chi connectivity index (χ2n) is 5.42. The van der Waals surface area contributed by atoms with Gasteiger partial charge in [-0.3, -0.25) is 4.79 Å². The molecule has 128 valence electrons. The monoisotopic (exact) mass is 663 g/mol. The Hall–Kier alpha value is -0.140. The number of nitrogens with zero attached hydrogens (tertiary/aromatic N) is 1. The maximum absolute atomic E-state index is 12.7. The van der Waals surface area contributed by atoms with Crippen LogP contribution in [-0.4, -0.2) is 43.0 Å². The molecule has 0 radical (unpaired) electrons. The first-order valence-corrected chi connectivity index (χ1v) is 10.3. The molecule has 0 fully saturated rings. The van der Waals surface area contributed by atoms with Crippen LogP contribution >= 0.6 is 67.8 Å². The summed E-state index contributed by atoms with van der Waals surface area (Å²) in [7, 11) is 4.00. The lowest BCUT2D eigenvalue weighted by atomic mass is 10.0. The Morgan fingerprint density at radius 2 is 1.62 bits per heavy atom. The molecule has 2 aromatic carbocycles. The molecule has 0 bridgehead atoms. The van der Waals surface area contributed by atoms with Gasteiger partial charge in [0.25, 0.3) is 0 Å². The predicted octanol–water partition coefficient (Wildman–Crippen LogP) is 4.38. The maximum atomic E-state index is 12.7. The van der Waals surface area contributed by atoms with E-state index in [1.165, 1.54) is 0 Å². The molecule has 0 amide bonds. The van der Waals surface area contributed by atoms with E-state index in [2.05, 4.69) is 50.1 Å². The fraction of sp³-hybridized carbons (Fsp3) is 0.235. The third kappa shape index (κ3) is 5.18. The number of phenolic OH excluding ortho intramolecular Hbond substituents is 1. The van der Waals surface area contributed by atoms with Gasteiger partial charge in [-0.2, -0.15) is 0 Å². The Morgan fingerprint density at radius 1 is 1.04 bits per heavy atom. The van der Waals surface area contributed by atoms with Crippen molar-refractivity contribution in [2.75, 3.05) is 27.2 Å². The van der Waals surface area contributed by atoms with Crippen LogP contribution in [0.1, 0.15) is 15.9 Å². The zero-order valence-electron chi connectivity index (χ0n) is 13.1. The molecule has 0 aromatic heterocycles. The molecule has 0 aliphatic rings. The molecular weight excluding hydrogens is 647 g/mol. The van der Waals surface area contributed by atoms with E-state index in [1.807, 2.05) is 48.8 Å². The van der Waals surface area contributed by atoms with Gasteiger partial charge in [0.15, 0.2) is 5.78 Å². The van der Waals surface area contributed by atoms with Crippen LogP contribution in [0, 0.1) is 10.7 Å². The number of benzene rings is 2. The lowest BCUT2D eigenvalue weighted by molar-refractivity contribution is 0.103. The number of phenols is 1. The summed E-state index contributed by atoms with van der Waals surface area (Å²) in [5.74, 6) is 0.930. The Labute approximate surface area is 182 Å². The number of carbonyl (C=O) groups excluding carboxylic acids is 1. The highest BCUT2D eigenvalue weighted by Gasteiger charge is 2.16. The van der Waals surface area contributed by atoms with Gasteiger partial charge < -0.3 is 14.7 Å². The third-order valence-corrected chi connectivity index (χ3v) is 5.72. The van der Waals surface area contributed by atoms with Crippen molar-refractivity contribution in [2.24, 2.45) is 0 Å². The minimum Gasteiger partial charge on any atom is -0.507 e. The number of ketones is 1. The van der Waals surface area contributed by atoms with Crippen molar-refractivity contribution in [1.29, 1.82) is 0 Å². The number of halogens is 3. The highest BCUT2D eigenvalue weighted by molar-refractivity contribution is 14.1. The van der Waals surface area contributed by atoms with E-state index >= 15 is 0 Å². The average Bonchev–Trinajstić information content (AvgIpc) is 2.51. The topological polar surface area (TPSA) is 49.8 Å². The van der Waals surface area contributed by atoms with E-state index < -0.39 is 0 Å². The van der Waals surface area contributed by atoms with Crippen molar-refractivity contribution >= 4 is 73.6 Å². The second-order valence-corrected chi connectivity index (χ2v) is 8.90. The molecule has 0 atom stereocenters. The summed E-state index contributed by atoms with van der Waals surface area (Å²) in [6.45, 7) is 1.43. The van der Waals surface area contributed by atoms with Crippen molar-refractivity contribution in [1.82, 2.24) is 4.90 Å². The largest absolute Gasteiger partial charge is 0.507 e. The molecule has 0 saturated heterocycles. The van der Waals surface area contributed by atoms with Gasteiger partial charge in [-0.25, -0.2) is 0 Å². The number of hydrogen-bond donors (Lipinski definition) is 1. The van der Waals surface area contributed by atoms with Crippen molar-refractivity contribution in [3.05, 3.63) is 52.2 Å². The van der Waals surface area contributed by atoms with E-state index in [-0.39, 0.29) is 11.5 Å². The molecule has 24 heavy (non-hydrogen) atoms. The second kappa shape index (κ2) is 8.99. The molecule has 1 N–H and O–H groups in total. The summed E-state index contributed by atoms with van der Waals surface area (Å²) in [6, 6.07) is 8.57. The Morgan fingerprint density at radius 3 is 2.17 bits per heavy atom. The van der Waals surface area contributed by atoms with Crippen LogP contribution in [0.4, 0.5) is 0 Å². The third-order valence-electron chi connectivity index (χ3n) is 3.26. The van der Waals surface area contributed by atoms with E-state index in [4.69, 9.17) is 4.74 Å². The molecule has 7 heteroatoms. The lowest BCUT2D eigenvalue weighted by Gasteiger charge is -2.14. The maximum Gasteiger partial charge on any atom is 0.193 e. The molecule has 0 heterocycles. The summed E-state index contributed by atoms with van der Waals surface area (Å²) < 4.78 is 8.33. The van der Waals surface area contributed by atoms with Gasteiger partial charge in [0.05, 0.1) is 10.7 Å². The minimum atomic E-state index is -0.0661. The van der Waals surface area contributed by atoms with Crippen molar-refractivity contribution in [2.45, 2.75) is 0 Å². The SMILES string of the molecule is CN(C)CCOc1c(I)cc(C(=O)c2ccc(O)c(I)c2)cc1I. The van der Waals surface area contributed by atoms with Crippen LogP contribution in [0.25, 0.3) is 0 Å².